The highest BCUT2D eigenvalue weighted by Crippen LogP contribution is 2.46. The van der Waals surface area contributed by atoms with E-state index < -0.39 is 5.60 Å². The van der Waals surface area contributed by atoms with Crippen LogP contribution in [0.25, 0.3) is 22.6 Å². The fraction of sp³-hybridized carbons (Fsp3) is 0.360. The summed E-state index contributed by atoms with van der Waals surface area (Å²) in [6.45, 7) is 2.46. The fourth-order valence-corrected chi connectivity index (χ4v) is 5.35. The van der Waals surface area contributed by atoms with Gasteiger partial charge in [0.05, 0.1) is 18.5 Å². The first kappa shape index (κ1) is 20.3. The first-order valence-corrected chi connectivity index (χ1v) is 11.3. The van der Waals surface area contributed by atoms with E-state index in [1.807, 2.05) is 49.4 Å². The molecule has 33 heavy (non-hydrogen) atoms. The molecule has 2 bridgehead atoms. The second-order valence-electron chi connectivity index (χ2n) is 9.06. The van der Waals surface area contributed by atoms with Crippen molar-refractivity contribution in [2.45, 2.75) is 56.8 Å². The topological polar surface area (TPSA) is 101 Å². The lowest BCUT2D eigenvalue weighted by molar-refractivity contribution is -0.0745. The number of aryl methyl sites for hydroxylation is 1. The molecule has 2 atom stereocenters. The molecular formula is C25H25N5O3. The number of hydrogen-bond acceptors (Lipinski definition) is 8. The molecule has 0 aliphatic carbocycles. The van der Waals surface area contributed by atoms with Crippen molar-refractivity contribution < 1.29 is 14.0 Å². The van der Waals surface area contributed by atoms with Crippen LogP contribution in [0, 0.1) is 6.92 Å². The summed E-state index contributed by atoms with van der Waals surface area (Å²) < 4.78 is 11.2. The molecule has 1 N–H and O–H groups in total. The average Bonchev–Trinajstić information content (AvgIpc) is 3.56. The van der Waals surface area contributed by atoms with Crippen LogP contribution in [0.5, 0.6) is 0 Å². The van der Waals surface area contributed by atoms with E-state index in [-0.39, 0.29) is 12.1 Å². The van der Waals surface area contributed by atoms with E-state index in [9.17, 15) is 5.11 Å². The maximum absolute atomic E-state index is 11.2. The van der Waals surface area contributed by atoms with Crippen molar-refractivity contribution in [1.82, 2.24) is 25.0 Å². The molecule has 2 aliphatic rings. The van der Waals surface area contributed by atoms with E-state index in [0.717, 1.165) is 35.5 Å². The molecule has 168 valence electrons. The summed E-state index contributed by atoms with van der Waals surface area (Å²) >= 11 is 0. The van der Waals surface area contributed by atoms with Crippen LogP contribution >= 0.6 is 0 Å². The molecule has 6 rings (SSSR count). The molecular weight excluding hydrogens is 418 g/mol. The number of rotatable bonds is 5. The van der Waals surface area contributed by atoms with Crippen molar-refractivity contribution in [1.29, 1.82) is 0 Å². The molecule has 0 spiro atoms. The Bertz CT molecular complexity index is 1250. The first-order valence-electron chi connectivity index (χ1n) is 11.3. The van der Waals surface area contributed by atoms with E-state index in [0.29, 0.717) is 36.9 Å². The van der Waals surface area contributed by atoms with Gasteiger partial charge in [0, 0.05) is 29.4 Å². The van der Waals surface area contributed by atoms with Gasteiger partial charge in [-0.2, -0.15) is 4.98 Å². The molecule has 2 saturated heterocycles. The lowest BCUT2D eigenvalue weighted by Gasteiger charge is -2.42. The zero-order valence-electron chi connectivity index (χ0n) is 18.4. The summed E-state index contributed by atoms with van der Waals surface area (Å²) in [5.74, 6) is 2.55. The maximum atomic E-state index is 11.2. The normalized spacial score (nSPS) is 24.9. The van der Waals surface area contributed by atoms with Crippen molar-refractivity contribution >= 4 is 0 Å². The molecule has 5 heterocycles. The highest BCUT2D eigenvalue weighted by Gasteiger charge is 2.49. The van der Waals surface area contributed by atoms with E-state index in [1.165, 1.54) is 0 Å². The summed E-state index contributed by atoms with van der Waals surface area (Å²) in [6.07, 6.45) is 6.79. The van der Waals surface area contributed by atoms with Crippen molar-refractivity contribution in [3.63, 3.8) is 0 Å². The third-order valence-corrected chi connectivity index (χ3v) is 6.88. The number of aliphatic hydroxyl groups is 1. The minimum Gasteiger partial charge on any atom is -0.466 e. The van der Waals surface area contributed by atoms with Crippen molar-refractivity contribution in [2.75, 3.05) is 0 Å². The molecule has 1 aromatic carbocycles. The summed E-state index contributed by atoms with van der Waals surface area (Å²) in [4.78, 5) is 15.7. The van der Waals surface area contributed by atoms with Crippen molar-refractivity contribution in [3.8, 4) is 22.6 Å². The number of fused-ring (bicyclic) bond motifs is 2. The number of benzene rings is 1. The molecule has 8 heteroatoms. The molecule has 8 nitrogen and oxygen atoms in total. The largest absolute Gasteiger partial charge is 0.466 e. The Morgan fingerprint density at radius 2 is 1.88 bits per heavy atom. The van der Waals surface area contributed by atoms with E-state index in [1.54, 1.807) is 12.5 Å². The Morgan fingerprint density at radius 3 is 2.64 bits per heavy atom. The van der Waals surface area contributed by atoms with Gasteiger partial charge in [0.2, 0.25) is 11.7 Å². The van der Waals surface area contributed by atoms with Gasteiger partial charge in [-0.05, 0) is 56.9 Å². The van der Waals surface area contributed by atoms with Crippen LogP contribution in [0.3, 0.4) is 0 Å². The second-order valence-corrected chi connectivity index (χ2v) is 9.06. The van der Waals surface area contributed by atoms with Crippen LogP contribution in [-0.4, -0.2) is 42.2 Å². The number of aromatic nitrogens is 4. The van der Waals surface area contributed by atoms with Gasteiger partial charge < -0.3 is 14.0 Å². The van der Waals surface area contributed by atoms with Gasteiger partial charge in [0.25, 0.3) is 0 Å². The minimum absolute atomic E-state index is 0.263. The summed E-state index contributed by atoms with van der Waals surface area (Å²) in [7, 11) is 0. The Labute approximate surface area is 191 Å². The van der Waals surface area contributed by atoms with Crippen LogP contribution in [0.1, 0.15) is 43.2 Å². The highest BCUT2D eigenvalue weighted by molar-refractivity contribution is 5.67. The smallest absolute Gasteiger partial charge is 0.241 e. The quantitative estimate of drug-likeness (QED) is 0.492. The third kappa shape index (κ3) is 3.75. The average molecular weight is 444 g/mol. The lowest BCUT2D eigenvalue weighted by atomic mass is 9.84. The monoisotopic (exact) mass is 443 g/mol. The second kappa shape index (κ2) is 7.90. The number of furan rings is 1. The molecule has 2 fully saturated rings. The first-order chi connectivity index (χ1) is 16.1. The standard InChI is InChI=1S/C25H25N5O3/c1-16-26-10-9-21(27-16)17-4-2-5-18(12-17)24-28-23(33-29-24)15-30-19-7-8-20(30)14-25(31,13-19)22-6-3-11-32-22/h2-6,9-12,19-20,31H,7-8,13-15H2,1H3/t19-,20-/m1/s1. The summed E-state index contributed by atoms with van der Waals surface area (Å²) in [5, 5.41) is 15.4. The fourth-order valence-electron chi connectivity index (χ4n) is 5.35. The van der Waals surface area contributed by atoms with Crippen molar-refractivity contribution in [3.05, 3.63) is 72.4 Å². The summed E-state index contributed by atoms with van der Waals surface area (Å²) in [6, 6.07) is 14.1. The Hall–Kier alpha value is -3.36. The number of piperidine rings is 1. The third-order valence-electron chi connectivity index (χ3n) is 6.88. The maximum Gasteiger partial charge on any atom is 0.241 e. The summed E-state index contributed by atoms with van der Waals surface area (Å²) in [5.41, 5.74) is 1.83. The van der Waals surface area contributed by atoms with Gasteiger partial charge in [-0.1, -0.05) is 23.4 Å². The molecule has 2 aliphatic heterocycles. The van der Waals surface area contributed by atoms with Crippen LogP contribution < -0.4 is 0 Å². The van der Waals surface area contributed by atoms with Gasteiger partial charge >= 0.3 is 0 Å². The molecule has 0 amide bonds. The van der Waals surface area contributed by atoms with Crippen LogP contribution in [0.15, 0.2) is 63.9 Å². The SMILES string of the molecule is Cc1nccc(-c2cccc(-c3noc(CN4[C@@H]5CC[C@@H]4CC(O)(c4ccco4)C5)n3)c2)n1. The molecule has 0 unspecified atom stereocenters. The van der Waals surface area contributed by atoms with Crippen LogP contribution in [0.2, 0.25) is 0 Å². The van der Waals surface area contributed by atoms with Gasteiger partial charge in [0.15, 0.2) is 0 Å². The van der Waals surface area contributed by atoms with Gasteiger partial charge in [0.1, 0.15) is 17.2 Å². The minimum atomic E-state index is -0.897. The highest BCUT2D eigenvalue weighted by atomic mass is 16.5. The zero-order valence-corrected chi connectivity index (χ0v) is 18.4. The van der Waals surface area contributed by atoms with Gasteiger partial charge in [-0.15, -0.1) is 0 Å². The Balaban J connectivity index is 1.20. The van der Waals surface area contributed by atoms with Crippen LogP contribution in [0.4, 0.5) is 0 Å². The Kier molecular flexibility index (Phi) is 4.85. The molecule has 0 saturated carbocycles. The van der Waals surface area contributed by atoms with E-state index >= 15 is 0 Å². The predicted octanol–water partition coefficient (Wildman–Crippen LogP) is 4.11. The zero-order chi connectivity index (χ0) is 22.4. The number of hydrogen-bond donors (Lipinski definition) is 1. The van der Waals surface area contributed by atoms with Gasteiger partial charge in [-0.25, -0.2) is 9.97 Å². The predicted molar refractivity (Wildman–Crippen MR) is 120 cm³/mol. The molecule has 3 aromatic heterocycles. The van der Waals surface area contributed by atoms with Crippen LogP contribution in [-0.2, 0) is 12.1 Å². The molecule has 4 aromatic rings. The Morgan fingerprint density at radius 1 is 1.06 bits per heavy atom. The number of nitrogens with zero attached hydrogens (tertiary/aromatic N) is 5. The van der Waals surface area contributed by atoms with E-state index in [4.69, 9.17) is 8.94 Å². The van der Waals surface area contributed by atoms with Gasteiger partial charge in [-0.3, -0.25) is 4.90 Å². The lowest BCUT2D eigenvalue weighted by Crippen LogP contribution is -2.49. The van der Waals surface area contributed by atoms with Crippen molar-refractivity contribution in [2.24, 2.45) is 0 Å². The van der Waals surface area contributed by atoms with E-state index in [2.05, 4.69) is 25.0 Å². The molecule has 0 radical (unpaired) electrons.